The van der Waals surface area contributed by atoms with Gasteiger partial charge in [-0.1, -0.05) is 29.3 Å². The van der Waals surface area contributed by atoms with Crippen molar-refractivity contribution in [1.82, 2.24) is 0 Å². The quantitative estimate of drug-likeness (QED) is 0.824. The van der Waals surface area contributed by atoms with Crippen molar-refractivity contribution in [3.05, 3.63) is 57.8 Å². The summed E-state index contributed by atoms with van der Waals surface area (Å²) in [6.07, 6.45) is 0. The van der Waals surface area contributed by atoms with Gasteiger partial charge in [-0.15, -0.1) is 0 Å². The monoisotopic (exact) mass is 298 g/mol. The molecule has 3 N–H and O–H groups in total. The Bertz CT molecular complexity index is 647. The first-order valence-electron chi connectivity index (χ1n) is 5.29. The lowest BCUT2D eigenvalue weighted by Crippen LogP contribution is -2.13. The molecule has 0 saturated carbocycles. The van der Waals surface area contributed by atoms with Gasteiger partial charge >= 0.3 is 0 Å². The van der Waals surface area contributed by atoms with Crippen LogP contribution in [0, 0.1) is 5.82 Å². The summed E-state index contributed by atoms with van der Waals surface area (Å²) in [4.78, 5) is 12.0. The molecule has 2 aromatic carbocycles. The molecule has 2 rings (SSSR count). The number of nitrogens with one attached hydrogen (secondary N) is 1. The number of hydrogen-bond acceptors (Lipinski definition) is 2. The Kier molecular flexibility index (Phi) is 3.93. The first kappa shape index (κ1) is 13.6. The summed E-state index contributed by atoms with van der Waals surface area (Å²) in [7, 11) is 0. The number of halogens is 3. The van der Waals surface area contributed by atoms with E-state index in [4.69, 9.17) is 28.9 Å². The van der Waals surface area contributed by atoms with Crippen molar-refractivity contribution in [2.75, 3.05) is 11.1 Å². The minimum Gasteiger partial charge on any atom is -0.398 e. The van der Waals surface area contributed by atoms with Gasteiger partial charge in [0.25, 0.3) is 5.91 Å². The van der Waals surface area contributed by atoms with Crippen molar-refractivity contribution in [2.24, 2.45) is 0 Å². The molecule has 0 saturated heterocycles. The lowest BCUT2D eigenvalue weighted by molar-refractivity contribution is 0.102. The summed E-state index contributed by atoms with van der Waals surface area (Å²) < 4.78 is 13.2. The zero-order valence-electron chi connectivity index (χ0n) is 9.58. The maximum Gasteiger partial charge on any atom is 0.257 e. The third-order valence-electron chi connectivity index (χ3n) is 2.45. The van der Waals surface area contributed by atoms with Crippen molar-refractivity contribution in [2.45, 2.75) is 0 Å². The summed E-state index contributed by atoms with van der Waals surface area (Å²) in [5.41, 5.74) is 6.41. The van der Waals surface area contributed by atoms with Gasteiger partial charge in [-0.05, 0) is 30.3 Å². The van der Waals surface area contributed by atoms with Crippen LogP contribution in [0.1, 0.15) is 10.4 Å². The molecule has 0 aliphatic heterocycles. The molecule has 0 unspecified atom stereocenters. The number of carbonyl (C=O) groups is 1. The maximum atomic E-state index is 13.2. The number of amides is 1. The number of anilines is 2. The van der Waals surface area contributed by atoms with Crippen molar-refractivity contribution in [3.8, 4) is 0 Å². The number of nitrogens with two attached hydrogens (primary N) is 1. The largest absolute Gasteiger partial charge is 0.398 e. The highest BCUT2D eigenvalue weighted by Gasteiger charge is 2.13. The van der Waals surface area contributed by atoms with E-state index >= 15 is 0 Å². The topological polar surface area (TPSA) is 55.1 Å². The second-order valence-electron chi connectivity index (χ2n) is 3.79. The normalized spacial score (nSPS) is 10.3. The van der Waals surface area contributed by atoms with Crippen LogP contribution in [0.2, 0.25) is 10.0 Å². The van der Waals surface area contributed by atoms with E-state index in [1.807, 2.05) is 0 Å². The average molecular weight is 299 g/mol. The van der Waals surface area contributed by atoms with E-state index in [-0.39, 0.29) is 21.3 Å². The molecule has 0 aromatic heterocycles. The molecule has 1 amide bonds. The van der Waals surface area contributed by atoms with Crippen LogP contribution in [0.4, 0.5) is 15.8 Å². The molecule has 3 nitrogen and oxygen atoms in total. The zero-order valence-corrected chi connectivity index (χ0v) is 11.1. The van der Waals surface area contributed by atoms with Gasteiger partial charge in [0.05, 0.1) is 21.3 Å². The van der Waals surface area contributed by atoms with E-state index in [0.29, 0.717) is 5.69 Å². The Morgan fingerprint density at radius 3 is 2.63 bits per heavy atom. The summed E-state index contributed by atoms with van der Waals surface area (Å²) in [5.74, 6) is -1.09. The van der Waals surface area contributed by atoms with E-state index in [0.717, 1.165) is 6.07 Å². The molecular formula is C13H9Cl2FN2O. The molecule has 0 spiro atoms. The van der Waals surface area contributed by atoms with Crippen molar-refractivity contribution >= 4 is 40.5 Å². The number of nitrogen functional groups attached to an aromatic ring is 1. The Hall–Kier alpha value is -1.78. The van der Waals surface area contributed by atoms with Crippen LogP contribution in [0.15, 0.2) is 36.4 Å². The van der Waals surface area contributed by atoms with Gasteiger partial charge in [-0.25, -0.2) is 4.39 Å². The van der Waals surface area contributed by atoms with E-state index in [2.05, 4.69) is 5.32 Å². The van der Waals surface area contributed by atoms with Crippen LogP contribution in [-0.4, -0.2) is 5.91 Å². The van der Waals surface area contributed by atoms with Crippen LogP contribution in [-0.2, 0) is 0 Å². The second-order valence-corrected chi connectivity index (χ2v) is 4.58. The summed E-state index contributed by atoms with van der Waals surface area (Å²) in [6.45, 7) is 0. The van der Waals surface area contributed by atoms with Crippen molar-refractivity contribution < 1.29 is 9.18 Å². The van der Waals surface area contributed by atoms with Crippen molar-refractivity contribution in [1.29, 1.82) is 0 Å². The number of hydrogen-bond donors (Lipinski definition) is 2. The minimum absolute atomic E-state index is 0.0139. The predicted octanol–water partition coefficient (Wildman–Crippen LogP) is 3.97. The predicted molar refractivity (Wildman–Crippen MR) is 75.2 cm³/mol. The van der Waals surface area contributed by atoms with Crippen LogP contribution in [0.5, 0.6) is 0 Å². The van der Waals surface area contributed by atoms with E-state index in [1.165, 1.54) is 18.2 Å². The fourth-order valence-electron chi connectivity index (χ4n) is 1.50. The number of benzene rings is 2. The molecule has 0 radical (unpaired) electrons. The van der Waals surface area contributed by atoms with Crippen molar-refractivity contribution in [3.63, 3.8) is 0 Å². The second kappa shape index (κ2) is 5.47. The van der Waals surface area contributed by atoms with Gasteiger partial charge in [-0.3, -0.25) is 4.79 Å². The lowest BCUT2D eigenvalue weighted by Gasteiger charge is -2.08. The van der Waals surface area contributed by atoms with Crippen LogP contribution in [0.3, 0.4) is 0 Å². The highest BCUT2D eigenvalue weighted by Crippen LogP contribution is 2.24. The third-order valence-corrected chi connectivity index (χ3v) is 3.18. The van der Waals surface area contributed by atoms with E-state index in [9.17, 15) is 9.18 Å². The molecule has 2 aromatic rings. The standard InChI is InChI=1S/C13H9Cl2FN2O/c14-9-5-4-7(6-10(9)16)18-13(19)8-2-1-3-11(17)12(8)15/h1-6H,17H2,(H,18,19). The van der Waals surface area contributed by atoms with Gasteiger partial charge in [0.2, 0.25) is 0 Å². The van der Waals surface area contributed by atoms with E-state index in [1.54, 1.807) is 12.1 Å². The molecular weight excluding hydrogens is 290 g/mol. The molecule has 6 heteroatoms. The Morgan fingerprint density at radius 1 is 1.21 bits per heavy atom. The summed E-state index contributed by atoms with van der Waals surface area (Å²) in [6, 6.07) is 8.69. The molecule has 19 heavy (non-hydrogen) atoms. The average Bonchev–Trinajstić information content (AvgIpc) is 2.37. The highest BCUT2D eigenvalue weighted by molar-refractivity contribution is 6.36. The van der Waals surface area contributed by atoms with Gasteiger partial charge in [-0.2, -0.15) is 0 Å². The van der Waals surface area contributed by atoms with Crippen LogP contribution in [0.25, 0.3) is 0 Å². The molecule has 0 fully saturated rings. The minimum atomic E-state index is -0.613. The Balaban J connectivity index is 2.26. The number of rotatable bonds is 2. The molecule has 0 aliphatic carbocycles. The molecule has 0 heterocycles. The zero-order chi connectivity index (χ0) is 14.0. The van der Waals surface area contributed by atoms with Crippen LogP contribution < -0.4 is 11.1 Å². The third kappa shape index (κ3) is 2.97. The first-order valence-corrected chi connectivity index (χ1v) is 6.05. The Labute approximate surface area is 119 Å². The van der Waals surface area contributed by atoms with Gasteiger partial charge in [0, 0.05) is 5.69 Å². The number of carbonyl (C=O) groups excluding carboxylic acids is 1. The summed E-state index contributed by atoms with van der Waals surface area (Å²) >= 11 is 11.5. The lowest BCUT2D eigenvalue weighted by atomic mass is 10.2. The molecule has 0 atom stereocenters. The SMILES string of the molecule is Nc1cccc(C(=O)Nc2ccc(Cl)c(F)c2)c1Cl. The smallest absolute Gasteiger partial charge is 0.257 e. The van der Waals surface area contributed by atoms with Gasteiger partial charge in [0.1, 0.15) is 5.82 Å². The summed E-state index contributed by atoms with van der Waals surface area (Å²) in [5, 5.41) is 2.66. The maximum absolute atomic E-state index is 13.2. The molecule has 0 aliphatic rings. The van der Waals surface area contributed by atoms with Crippen LogP contribution >= 0.6 is 23.2 Å². The first-order chi connectivity index (χ1) is 8.99. The molecule has 0 bridgehead atoms. The molecule has 98 valence electrons. The van der Waals surface area contributed by atoms with Gasteiger partial charge in [0.15, 0.2) is 0 Å². The fraction of sp³-hybridized carbons (Fsp3) is 0. The Morgan fingerprint density at radius 2 is 1.95 bits per heavy atom. The van der Waals surface area contributed by atoms with Gasteiger partial charge < -0.3 is 11.1 Å². The fourth-order valence-corrected chi connectivity index (χ4v) is 1.83. The highest BCUT2D eigenvalue weighted by atomic mass is 35.5. The van der Waals surface area contributed by atoms with E-state index < -0.39 is 11.7 Å².